The minimum atomic E-state index is -0.0888. The summed E-state index contributed by atoms with van der Waals surface area (Å²) in [5, 5.41) is 9.50. The first-order chi connectivity index (χ1) is 9.58. The highest BCUT2D eigenvalue weighted by atomic mass is 16.3. The summed E-state index contributed by atoms with van der Waals surface area (Å²) in [6.45, 7) is 2.26. The molecule has 0 radical (unpaired) electrons. The Hall–Kier alpha value is -1.84. The van der Waals surface area contributed by atoms with E-state index in [4.69, 9.17) is 0 Å². The Morgan fingerprint density at radius 3 is 2.80 bits per heavy atom. The van der Waals surface area contributed by atoms with Crippen molar-refractivity contribution < 1.29 is 14.7 Å². The summed E-state index contributed by atoms with van der Waals surface area (Å²) in [4.78, 5) is 25.8. The highest BCUT2D eigenvalue weighted by molar-refractivity contribution is 5.95. The lowest BCUT2D eigenvalue weighted by Crippen LogP contribution is -2.41. The molecule has 1 aromatic rings. The molecule has 0 bridgehead atoms. The van der Waals surface area contributed by atoms with Crippen LogP contribution in [0.2, 0.25) is 0 Å². The summed E-state index contributed by atoms with van der Waals surface area (Å²) in [7, 11) is 0. The molecule has 0 aliphatic carbocycles. The van der Waals surface area contributed by atoms with Crippen LogP contribution in [0.4, 0.5) is 0 Å². The van der Waals surface area contributed by atoms with Crippen LogP contribution in [0.15, 0.2) is 24.3 Å². The van der Waals surface area contributed by atoms with Crippen LogP contribution >= 0.6 is 0 Å². The summed E-state index contributed by atoms with van der Waals surface area (Å²) >= 11 is 0. The fourth-order valence-corrected chi connectivity index (χ4v) is 2.79. The van der Waals surface area contributed by atoms with Crippen LogP contribution in [0.1, 0.15) is 49.4 Å². The fraction of sp³-hybridized carbons (Fsp3) is 0.500. The SMILES string of the molecule is CC(=O)CC1CCCCCN1C(=O)c1cccc(O)c1. The van der Waals surface area contributed by atoms with Gasteiger partial charge in [-0.05, 0) is 38.0 Å². The molecule has 1 fully saturated rings. The molecule has 0 saturated carbocycles. The summed E-state index contributed by atoms with van der Waals surface area (Å²) in [5.41, 5.74) is 0.487. The zero-order valence-corrected chi connectivity index (χ0v) is 11.8. The number of phenols is 1. The van der Waals surface area contributed by atoms with Crippen molar-refractivity contribution >= 4 is 11.7 Å². The molecular formula is C16H21NO3. The van der Waals surface area contributed by atoms with Crippen LogP contribution in [-0.2, 0) is 4.79 Å². The van der Waals surface area contributed by atoms with Crippen LogP contribution in [0.25, 0.3) is 0 Å². The number of hydrogen-bond donors (Lipinski definition) is 1. The van der Waals surface area contributed by atoms with Gasteiger partial charge in [-0.1, -0.05) is 18.9 Å². The summed E-state index contributed by atoms with van der Waals surface area (Å²) < 4.78 is 0. The van der Waals surface area contributed by atoms with Gasteiger partial charge in [0.05, 0.1) is 0 Å². The van der Waals surface area contributed by atoms with E-state index in [2.05, 4.69) is 0 Å². The second kappa shape index (κ2) is 6.55. The van der Waals surface area contributed by atoms with Crippen molar-refractivity contribution in [2.45, 2.75) is 45.1 Å². The maximum Gasteiger partial charge on any atom is 0.254 e. The van der Waals surface area contributed by atoms with E-state index in [0.29, 0.717) is 18.5 Å². The van der Waals surface area contributed by atoms with Gasteiger partial charge in [0.25, 0.3) is 5.91 Å². The molecule has 1 atom stereocenters. The second-order valence-electron chi connectivity index (χ2n) is 5.46. The number of ketones is 1. The van der Waals surface area contributed by atoms with Gasteiger partial charge in [-0.15, -0.1) is 0 Å². The Morgan fingerprint density at radius 2 is 2.10 bits per heavy atom. The van der Waals surface area contributed by atoms with Gasteiger partial charge in [-0.2, -0.15) is 0 Å². The number of phenolic OH excluding ortho intramolecular Hbond substituents is 1. The molecule has 4 heteroatoms. The van der Waals surface area contributed by atoms with Crippen LogP contribution in [0.5, 0.6) is 5.75 Å². The Balaban J connectivity index is 2.21. The van der Waals surface area contributed by atoms with Gasteiger partial charge >= 0.3 is 0 Å². The average Bonchev–Trinajstić information content (AvgIpc) is 2.63. The number of likely N-dealkylation sites (tertiary alicyclic amines) is 1. The molecule has 1 aliphatic heterocycles. The Bertz CT molecular complexity index is 498. The molecule has 1 amide bonds. The monoisotopic (exact) mass is 275 g/mol. The predicted octanol–water partition coefficient (Wildman–Crippen LogP) is 2.76. The molecule has 2 rings (SSSR count). The van der Waals surface area contributed by atoms with Crippen molar-refractivity contribution in [3.8, 4) is 5.75 Å². The van der Waals surface area contributed by atoms with Crippen molar-refractivity contribution in [3.05, 3.63) is 29.8 Å². The van der Waals surface area contributed by atoms with Gasteiger partial charge in [0.2, 0.25) is 0 Å². The largest absolute Gasteiger partial charge is 0.508 e. The van der Waals surface area contributed by atoms with Gasteiger partial charge in [0, 0.05) is 24.6 Å². The third-order valence-corrected chi connectivity index (χ3v) is 3.75. The van der Waals surface area contributed by atoms with E-state index in [1.807, 2.05) is 4.90 Å². The summed E-state index contributed by atoms with van der Waals surface area (Å²) in [6.07, 6.45) is 4.42. The fourth-order valence-electron chi connectivity index (χ4n) is 2.79. The molecule has 1 aliphatic rings. The standard InChI is InChI=1S/C16H21NO3/c1-12(18)10-14-7-3-2-4-9-17(14)16(20)13-6-5-8-15(19)11-13/h5-6,8,11,14,19H,2-4,7,9-10H2,1H3. The number of amides is 1. The second-order valence-corrected chi connectivity index (χ2v) is 5.46. The predicted molar refractivity (Wildman–Crippen MR) is 76.7 cm³/mol. The molecule has 1 heterocycles. The van der Waals surface area contributed by atoms with Gasteiger partial charge in [-0.25, -0.2) is 0 Å². The lowest BCUT2D eigenvalue weighted by molar-refractivity contribution is -0.118. The third kappa shape index (κ3) is 3.59. The van der Waals surface area contributed by atoms with E-state index in [1.54, 1.807) is 25.1 Å². The number of carbonyl (C=O) groups excluding carboxylic acids is 2. The molecular weight excluding hydrogens is 254 g/mol. The zero-order chi connectivity index (χ0) is 14.5. The molecule has 108 valence electrons. The lowest BCUT2D eigenvalue weighted by atomic mass is 10.0. The first-order valence-electron chi connectivity index (χ1n) is 7.17. The Kier molecular flexibility index (Phi) is 4.77. The quantitative estimate of drug-likeness (QED) is 0.922. The van der Waals surface area contributed by atoms with E-state index < -0.39 is 0 Å². The molecule has 1 N–H and O–H groups in total. The smallest absolute Gasteiger partial charge is 0.254 e. The summed E-state index contributed by atoms with van der Waals surface area (Å²) in [5.74, 6) is 0.119. The average molecular weight is 275 g/mol. The normalized spacial score (nSPS) is 19.4. The maximum absolute atomic E-state index is 12.6. The van der Waals surface area contributed by atoms with E-state index in [0.717, 1.165) is 25.7 Å². The lowest BCUT2D eigenvalue weighted by Gasteiger charge is -2.29. The van der Waals surface area contributed by atoms with Crippen molar-refractivity contribution in [1.82, 2.24) is 4.90 Å². The Labute approximate surface area is 119 Å². The number of rotatable bonds is 3. The number of benzene rings is 1. The molecule has 1 unspecified atom stereocenters. The minimum absolute atomic E-state index is 0.00940. The zero-order valence-electron chi connectivity index (χ0n) is 11.8. The van der Waals surface area contributed by atoms with Gasteiger partial charge in [-0.3, -0.25) is 9.59 Å². The van der Waals surface area contributed by atoms with Crippen LogP contribution in [0, 0.1) is 0 Å². The maximum atomic E-state index is 12.6. The van der Waals surface area contributed by atoms with Crippen LogP contribution < -0.4 is 0 Å². The van der Waals surface area contributed by atoms with Crippen molar-refractivity contribution in [2.24, 2.45) is 0 Å². The molecule has 20 heavy (non-hydrogen) atoms. The highest BCUT2D eigenvalue weighted by Crippen LogP contribution is 2.23. The first kappa shape index (κ1) is 14.6. The van der Waals surface area contributed by atoms with Crippen molar-refractivity contribution in [1.29, 1.82) is 0 Å². The van der Waals surface area contributed by atoms with Gasteiger partial charge in [0.15, 0.2) is 0 Å². The van der Waals surface area contributed by atoms with E-state index in [9.17, 15) is 14.7 Å². The highest BCUT2D eigenvalue weighted by Gasteiger charge is 2.27. The molecule has 1 aromatic carbocycles. The summed E-state index contributed by atoms with van der Waals surface area (Å²) in [6, 6.07) is 6.40. The number of aromatic hydroxyl groups is 1. The number of carbonyl (C=O) groups is 2. The van der Waals surface area contributed by atoms with E-state index in [-0.39, 0.29) is 23.5 Å². The molecule has 0 spiro atoms. The number of Topliss-reactive ketones (excluding diaryl/α,β-unsaturated/α-hetero) is 1. The van der Waals surface area contributed by atoms with Gasteiger partial charge in [0.1, 0.15) is 11.5 Å². The Morgan fingerprint density at radius 1 is 1.30 bits per heavy atom. The molecule has 1 saturated heterocycles. The topological polar surface area (TPSA) is 57.6 Å². The van der Waals surface area contributed by atoms with E-state index >= 15 is 0 Å². The van der Waals surface area contributed by atoms with Crippen LogP contribution in [-0.4, -0.2) is 34.3 Å². The first-order valence-corrected chi connectivity index (χ1v) is 7.17. The number of nitrogens with zero attached hydrogens (tertiary/aromatic N) is 1. The third-order valence-electron chi connectivity index (χ3n) is 3.75. The van der Waals surface area contributed by atoms with Crippen molar-refractivity contribution in [3.63, 3.8) is 0 Å². The number of hydrogen-bond acceptors (Lipinski definition) is 3. The minimum Gasteiger partial charge on any atom is -0.508 e. The van der Waals surface area contributed by atoms with Crippen molar-refractivity contribution in [2.75, 3.05) is 6.54 Å². The van der Waals surface area contributed by atoms with Crippen LogP contribution in [0.3, 0.4) is 0 Å². The van der Waals surface area contributed by atoms with Gasteiger partial charge < -0.3 is 10.0 Å². The molecule has 4 nitrogen and oxygen atoms in total. The molecule has 0 aromatic heterocycles. The van der Waals surface area contributed by atoms with E-state index in [1.165, 1.54) is 6.07 Å².